The van der Waals surface area contributed by atoms with Crippen molar-refractivity contribution in [3.05, 3.63) is 32.7 Å². The maximum absolute atomic E-state index is 12.0. The normalized spacial score (nSPS) is 16.1. The Morgan fingerprint density at radius 2 is 2.00 bits per heavy atom. The fourth-order valence-corrected chi connectivity index (χ4v) is 3.01. The van der Waals surface area contributed by atoms with Gasteiger partial charge in [0.1, 0.15) is 0 Å². The van der Waals surface area contributed by atoms with Crippen molar-refractivity contribution in [2.24, 2.45) is 5.92 Å². The predicted molar refractivity (Wildman–Crippen MR) is 76.1 cm³/mol. The maximum atomic E-state index is 12.0. The summed E-state index contributed by atoms with van der Waals surface area (Å²) in [5.41, 5.74) is 0.692. The van der Waals surface area contributed by atoms with Crippen LogP contribution >= 0.6 is 31.9 Å². The molecule has 1 aliphatic carbocycles. The molecule has 0 bridgehead atoms. The maximum Gasteiger partial charge on any atom is 0.252 e. The van der Waals surface area contributed by atoms with E-state index in [1.807, 2.05) is 18.2 Å². The van der Waals surface area contributed by atoms with Crippen LogP contribution in [0.3, 0.4) is 0 Å². The monoisotopic (exact) mass is 359 g/mol. The smallest absolute Gasteiger partial charge is 0.252 e. The second-order valence-electron chi connectivity index (χ2n) is 4.48. The van der Waals surface area contributed by atoms with Gasteiger partial charge in [0.05, 0.1) is 5.56 Å². The Bertz CT molecular complexity index is 414. The average Bonchev–Trinajstić information content (AvgIpc) is 2.82. The van der Waals surface area contributed by atoms with E-state index in [1.165, 1.54) is 25.7 Å². The van der Waals surface area contributed by atoms with Gasteiger partial charge in [-0.15, -0.1) is 0 Å². The molecule has 1 amide bonds. The number of halogens is 2. The summed E-state index contributed by atoms with van der Waals surface area (Å²) in [5.74, 6) is 0.676. The van der Waals surface area contributed by atoms with Crippen LogP contribution in [0.4, 0.5) is 0 Å². The molecular formula is C13H15Br2NO. The van der Waals surface area contributed by atoms with Crippen molar-refractivity contribution < 1.29 is 4.79 Å². The largest absolute Gasteiger partial charge is 0.352 e. The van der Waals surface area contributed by atoms with Crippen molar-refractivity contribution in [3.63, 3.8) is 0 Å². The number of hydrogen-bond acceptors (Lipinski definition) is 1. The first kappa shape index (κ1) is 13.1. The number of amides is 1. The van der Waals surface area contributed by atoms with Gasteiger partial charge in [-0.25, -0.2) is 0 Å². The lowest BCUT2D eigenvalue weighted by molar-refractivity contribution is 0.0946. The van der Waals surface area contributed by atoms with E-state index in [0.717, 1.165) is 15.5 Å². The molecule has 0 aliphatic heterocycles. The summed E-state index contributed by atoms with van der Waals surface area (Å²) in [4.78, 5) is 12.0. The molecule has 0 spiro atoms. The lowest BCUT2D eigenvalue weighted by atomic mass is 10.1. The van der Waals surface area contributed by atoms with Gasteiger partial charge in [-0.3, -0.25) is 4.79 Å². The summed E-state index contributed by atoms with van der Waals surface area (Å²) in [6, 6.07) is 5.64. The van der Waals surface area contributed by atoms with Crippen LogP contribution in [0.1, 0.15) is 36.0 Å². The SMILES string of the molecule is O=C(NCC1CCCC1)c1cc(Br)ccc1Br. The minimum Gasteiger partial charge on any atom is -0.352 e. The van der Waals surface area contributed by atoms with Crippen molar-refractivity contribution in [1.82, 2.24) is 5.32 Å². The highest BCUT2D eigenvalue weighted by Gasteiger charge is 2.17. The number of benzene rings is 1. The van der Waals surface area contributed by atoms with E-state index in [2.05, 4.69) is 37.2 Å². The number of rotatable bonds is 3. The molecule has 1 fully saturated rings. The van der Waals surface area contributed by atoms with Gasteiger partial charge in [0.15, 0.2) is 0 Å². The molecule has 0 unspecified atom stereocenters. The average molecular weight is 361 g/mol. The summed E-state index contributed by atoms with van der Waals surface area (Å²) in [5, 5.41) is 3.02. The molecule has 4 heteroatoms. The molecule has 1 aliphatic rings. The lowest BCUT2D eigenvalue weighted by Gasteiger charge is -2.11. The van der Waals surface area contributed by atoms with E-state index in [1.54, 1.807) is 0 Å². The van der Waals surface area contributed by atoms with Crippen LogP contribution in [-0.2, 0) is 0 Å². The summed E-state index contributed by atoms with van der Waals surface area (Å²) < 4.78 is 1.76. The first-order valence-corrected chi connectivity index (χ1v) is 7.48. The van der Waals surface area contributed by atoms with Gasteiger partial charge in [-0.1, -0.05) is 28.8 Å². The van der Waals surface area contributed by atoms with Gasteiger partial charge < -0.3 is 5.32 Å². The van der Waals surface area contributed by atoms with E-state index in [9.17, 15) is 4.79 Å². The Morgan fingerprint density at radius 1 is 1.29 bits per heavy atom. The highest BCUT2D eigenvalue weighted by atomic mass is 79.9. The van der Waals surface area contributed by atoms with Gasteiger partial charge in [0, 0.05) is 15.5 Å². The zero-order chi connectivity index (χ0) is 12.3. The predicted octanol–water partition coefficient (Wildman–Crippen LogP) is 4.13. The highest BCUT2D eigenvalue weighted by Crippen LogP contribution is 2.24. The first-order valence-electron chi connectivity index (χ1n) is 5.90. The van der Waals surface area contributed by atoms with Gasteiger partial charge in [-0.05, 0) is 52.9 Å². The molecule has 1 N–H and O–H groups in total. The molecule has 0 radical (unpaired) electrons. The molecule has 0 aromatic heterocycles. The summed E-state index contributed by atoms with van der Waals surface area (Å²) in [7, 11) is 0. The van der Waals surface area contributed by atoms with Gasteiger partial charge in [0.25, 0.3) is 5.91 Å². The number of nitrogens with one attached hydrogen (secondary N) is 1. The minimum absolute atomic E-state index is 0.00470. The zero-order valence-corrected chi connectivity index (χ0v) is 12.7. The van der Waals surface area contributed by atoms with Crippen LogP contribution in [0, 0.1) is 5.92 Å². The Hall–Kier alpha value is -0.350. The van der Waals surface area contributed by atoms with Gasteiger partial charge >= 0.3 is 0 Å². The van der Waals surface area contributed by atoms with Gasteiger partial charge in [-0.2, -0.15) is 0 Å². The molecule has 2 nitrogen and oxygen atoms in total. The number of hydrogen-bond donors (Lipinski definition) is 1. The fraction of sp³-hybridized carbons (Fsp3) is 0.462. The number of carbonyl (C=O) groups excluding carboxylic acids is 1. The quantitative estimate of drug-likeness (QED) is 0.862. The van der Waals surface area contributed by atoms with E-state index >= 15 is 0 Å². The molecule has 2 rings (SSSR count). The van der Waals surface area contributed by atoms with Crippen molar-refractivity contribution >= 4 is 37.8 Å². The Labute approximate surface area is 118 Å². The molecule has 1 aromatic carbocycles. The molecule has 17 heavy (non-hydrogen) atoms. The molecule has 92 valence electrons. The third kappa shape index (κ3) is 3.55. The summed E-state index contributed by atoms with van der Waals surface area (Å²) in [6.45, 7) is 0.803. The van der Waals surface area contributed by atoms with Crippen LogP contribution < -0.4 is 5.32 Å². The Morgan fingerprint density at radius 3 is 2.71 bits per heavy atom. The summed E-state index contributed by atoms with van der Waals surface area (Å²) >= 11 is 6.78. The highest BCUT2D eigenvalue weighted by molar-refractivity contribution is 9.11. The van der Waals surface area contributed by atoms with Crippen molar-refractivity contribution in [1.29, 1.82) is 0 Å². The van der Waals surface area contributed by atoms with E-state index < -0.39 is 0 Å². The Kier molecular flexibility index (Phi) is 4.62. The van der Waals surface area contributed by atoms with Gasteiger partial charge in [0.2, 0.25) is 0 Å². The molecule has 1 aromatic rings. The summed E-state index contributed by atoms with van der Waals surface area (Å²) in [6.07, 6.45) is 5.11. The molecular weight excluding hydrogens is 346 g/mol. The van der Waals surface area contributed by atoms with Crippen molar-refractivity contribution in [2.75, 3.05) is 6.54 Å². The fourth-order valence-electron chi connectivity index (χ4n) is 2.22. The van der Waals surface area contributed by atoms with Crippen LogP contribution in [0.15, 0.2) is 27.1 Å². The second kappa shape index (κ2) is 6.01. The van der Waals surface area contributed by atoms with Crippen molar-refractivity contribution in [2.45, 2.75) is 25.7 Å². The minimum atomic E-state index is 0.00470. The third-order valence-electron chi connectivity index (χ3n) is 3.20. The third-order valence-corrected chi connectivity index (χ3v) is 4.38. The van der Waals surface area contributed by atoms with E-state index in [0.29, 0.717) is 11.5 Å². The molecule has 0 atom stereocenters. The van der Waals surface area contributed by atoms with Crippen LogP contribution in [0.25, 0.3) is 0 Å². The number of carbonyl (C=O) groups is 1. The van der Waals surface area contributed by atoms with Crippen LogP contribution in [-0.4, -0.2) is 12.5 Å². The molecule has 1 saturated carbocycles. The zero-order valence-electron chi connectivity index (χ0n) is 9.51. The van der Waals surface area contributed by atoms with Crippen molar-refractivity contribution in [3.8, 4) is 0 Å². The molecule has 0 heterocycles. The Balaban J connectivity index is 1.96. The first-order chi connectivity index (χ1) is 8.16. The van der Waals surface area contributed by atoms with Crippen LogP contribution in [0.5, 0.6) is 0 Å². The van der Waals surface area contributed by atoms with E-state index in [-0.39, 0.29) is 5.91 Å². The van der Waals surface area contributed by atoms with E-state index in [4.69, 9.17) is 0 Å². The topological polar surface area (TPSA) is 29.1 Å². The second-order valence-corrected chi connectivity index (χ2v) is 6.25. The molecule has 0 saturated heterocycles. The lowest BCUT2D eigenvalue weighted by Crippen LogP contribution is -2.28. The van der Waals surface area contributed by atoms with Crippen LogP contribution in [0.2, 0.25) is 0 Å². The standard InChI is InChI=1S/C13H15Br2NO/c14-10-5-6-12(15)11(7-10)13(17)16-8-9-3-1-2-4-9/h5-7,9H,1-4,8H2,(H,16,17).